The molecule has 1 aromatic heterocycles. The largest absolute Gasteiger partial charge is 0.495 e. The maximum Gasteiger partial charge on any atom is 0.251 e. The van der Waals surface area contributed by atoms with Crippen molar-refractivity contribution in [3.8, 4) is 23.6 Å². The number of sulfonamides is 1. The number of anilines is 1. The number of hydrogen-bond acceptors (Lipinski definition) is 11. The van der Waals surface area contributed by atoms with Crippen molar-refractivity contribution in [2.75, 3.05) is 71.5 Å². The number of carbonyl (C=O) groups excluding carboxylic acids is 1. The Morgan fingerprint density at radius 3 is 2.19 bits per heavy atom. The second-order valence-electron chi connectivity index (χ2n) is 9.47. The number of carbonyl (C=O) groups is 1. The lowest BCUT2D eigenvalue weighted by Gasteiger charge is -2.34. The molecule has 0 bridgehead atoms. The lowest BCUT2D eigenvalue weighted by molar-refractivity contribution is 0.0947. The number of amides is 1. The molecular weight excluding hydrogens is 614 g/mol. The fourth-order valence-corrected chi connectivity index (χ4v) is 7.20. The first-order valence-electron chi connectivity index (χ1n) is 13.4. The summed E-state index contributed by atoms with van der Waals surface area (Å²) in [5.41, 5.74) is 1.14. The normalized spacial score (nSPS) is 13.7. The van der Waals surface area contributed by atoms with E-state index in [0.717, 1.165) is 51.6 Å². The predicted molar refractivity (Wildman–Crippen MR) is 167 cm³/mol. The van der Waals surface area contributed by atoms with Crippen molar-refractivity contribution in [3.05, 3.63) is 42.0 Å². The van der Waals surface area contributed by atoms with Gasteiger partial charge in [0.05, 0.1) is 31.3 Å². The number of hydrogen-bond donors (Lipinski definition) is 1. The number of nitrogens with one attached hydrogen (secondary N) is 1. The number of aromatic nitrogens is 1. The van der Waals surface area contributed by atoms with Gasteiger partial charge in [0.25, 0.3) is 5.91 Å². The first-order chi connectivity index (χ1) is 20.3. The van der Waals surface area contributed by atoms with Crippen LogP contribution in [0.5, 0.6) is 11.5 Å². The molecule has 1 amide bonds. The Hall–Kier alpha value is -3.66. The minimum Gasteiger partial charge on any atom is -0.495 e. The third-order valence-electron chi connectivity index (χ3n) is 6.96. The number of benzene rings is 2. The summed E-state index contributed by atoms with van der Waals surface area (Å²) in [6.45, 7) is 4.37. The van der Waals surface area contributed by atoms with E-state index in [1.54, 1.807) is 25.6 Å². The summed E-state index contributed by atoms with van der Waals surface area (Å²) < 4.78 is 39.0. The molecule has 230 valence electrons. The van der Waals surface area contributed by atoms with E-state index in [1.165, 1.54) is 24.3 Å². The molecule has 4 rings (SSSR count). The number of rotatable bonds is 13. The zero-order chi connectivity index (χ0) is 30.1. The van der Waals surface area contributed by atoms with Gasteiger partial charge >= 0.3 is 0 Å². The highest BCUT2D eigenvalue weighted by Crippen LogP contribution is 2.40. The van der Waals surface area contributed by atoms with E-state index in [9.17, 15) is 13.2 Å². The summed E-state index contributed by atoms with van der Waals surface area (Å²) in [5, 5.41) is 21.5. The second kappa shape index (κ2) is 15.7. The van der Waals surface area contributed by atoms with E-state index in [4.69, 9.17) is 25.0 Å². The van der Waals surface area contributed by atoms with E-state index >= 15 is 0 Å². The van der Waals surface area contributed by atoms with Crippen LogP contribution in [-0.2, 0) is 10.0 Å². The molecule has 1 aliphatic heterocycles. The molecule has 0 spiro atoms. The predicted octanol–water partition coefficient (Wildman–Crippen LogP) is 3.11. The number of ether oxygens (including phenoxy) is 2. The molecule has 0 unspecified atom stereocenters. The number of piperazine rings is 1. The Balaban J connectivity index is 0.00000506. The third kappa shape index (κ3) is 8.04. The quantitative estimate of drug-likeness (QED) is 0.293. The minimum atomic E-state index is -3.89. The molecule has 15 heteroatoms. The molecule has 0 saturated carbocycles. The average molecular weight is 648 g/mol. The van der Waals surface area contributed by atoms with Crippen LogP contribution in [0.25, 0.3) is 10.2 Å². The van der Waals surface area contributed by atoms with E-state index in [-0.39, 0.29) is 49.1 Å². The van der Waals surface area contributed by atoms with Crippen molar-refractivity contribution in [2.24, 2.45) is 0 Å². The summed E-state index contributed by atoms with van der Waals surface area (Å²) in [7, 11) is -0.612. The highest BCUT2D eigenvalue weighted by molar-refractivity contribution is 7.89. The first kappa shape index (κ1) is 33.8. The fraction of sp³-hybridized carbons (Fsp3) is 0.429. The summed E-state index contributed by atoms with van der Waals surface area (Å²) in [6, 6.07) is 13.3. The zero-order valence-electron chi connectivity index (χ0n) is 24.0. The lowest BCUT2D eigenvalue weighted by atomic mass is 10.2. The molecule has 3 aromatic rings. The minimum absolute atomic E-state index is 0. The van der Waals surface area contributed by atoms with Gasteiger partial charge in [0.1, 0.15) is 21.7 Å². The summed E-state index contributed by atoms with van der Waals surface area (Å²) >= 11 is 1.58. The SMILES string of the molecule is COc1ccc(OC)c2sc(N3CCN(CCNC(=O)c4ccc(S(=O)(=O)N(CCC#N)CCC#N)cc4)CC3)nc12.Cl. The van der Waals surface area contributed by atoms with Crippen LogP contribution in [0.4, 0.5) is 5.13 Å². The zero-order valence-corrected chi connectivity index (χ0v) is 26.4. The first-order valence-corrected chi connectivity index (χ1v) is 15.7. The van der Waals surface area contributed by atoms with E-state index < -0.39 is 10.0 Å². The van der Waals surface area contributed by atoms with E-state index in [2.05, 4.69) is 15.1 Å². The number of fused-ring (bicyclic) bond motifs is 1. The highest BCUT2D eigenvalue weighted by atomic mass is 35.5. The van der Waals surface area contributed by atoms with Crippen LogP contribution in [0.2, 0.25) is 0 Å². The number of thiazole rings is 1. The van der Waals surface area contributed by atoms with Crippen LogP contribution in [0.3, 0.4) is 0 Å². The molecule has 1 N–H and O–H groups in total. The molecule has 0 radical (unpaired) electrons. The molecule has 0 atom stereocenters. The molecular formula is C28H34ClN7O5S2. The Kier molecular flexibility index (Phi) is 12.4. The van der Waals surface area contributed by atoms with Crippen molar-refractivity contribution in [3.63, 3.8) is 0 Å². The molecule has 2 heterocycles. The third-order valence-corrected chi connectivity index (χ3v) is 10.00. The molecule has 12 nitrogen and oxygen atoms in total. The Labute approximate surface area is 261 Å². The fourth-order valence-electron chi connectivity index (χ4n) is 4.63. The number of methoxy groups -OCH3 is 2. The van der Waals surface area contributed by atoms with Gasteiger partial charge in [-0.3, -0.25) is 9.69 Å². The Morgan fingerprint density at radius 1 is 1.00 bits per heavy atom. The lowest BCUT2D eigenvalue weighted by Crippen LogP contribution is -2.48. The van der Waals surface area contributed by atoms with Crippen LogP contribution in [0.1, 0.15) is 23.2 Å². The van der Waals surface area contributed by atoms with Crippen LogP contribution < -0.4 is 19.7 Å². The summed E-state index contributed by atoms with van der Waals surface area (Å²) in [6.07, 6.45) is 0.0409. The molecule has 43 heavy (non-hydrogen) atoms. The smallest absolute Gasteiger partial charge is 0.251 e. The Morgan fingerprint density at radius 2 is 1.60 bits per heavy atom. The standard InChI is InChI=1S/C28H33N7O5S2.ClH/c1-39-23-9-10-24(40-2)26-25(23)32-28(41-26)34-19-17-33(18-20-34)16-13-31-27(36)21-5-7-22(8-6-21)42(37,38)35(14-3-11-29)15-4-12-30;/h5-10H,3-4,13-20H2,1-2H3,(H,31,36);1H. The van der Waals surface area contributed by atoms with E-state index in [1.807, 2.05) is 24.3 Å². The highest BCUT2D eigenvalue weighted by Gasteiger charge is 2.25. The number of nitrogens with zero attached hydrogens (tertiary/aromatic N) is 6. The average Bonchev–Trinajstić information content (AvgIpc) is 3.46. The summed E-state index contributed by atoms with van der Waals surface area (Å²) in [5.74, 6) is 1.20. The summed E-state index contributed by atoms with van der Waals surface area (Å²) in [4.78, 5) is 22.0. The van der Waals surface area contributed by atoms with Gasteiger partial charge in [0.15, 0.2) is 5.13 Å². The molecule has 1 fully saturated rings. The molecule has 1 aliphatic rings. The van der Waals surface area contributed by atoms with Gasteiger partial charge in [-0.2, -0.15) is 14.8 Å². The topological polar surface area (TPSA) is 152 Å². The molecule has 2 aromatic carbocycles. The Bertz CT molecular complexity index is 1520. The maximum absolute atomic E-state index is 13.0. The number of halogens is 1. The van der Waals surface area contributed by atoms with Crippen LogP contribution >= 0.6 is 23.7 Å². The number of nitriles is 2. The van der Waals surface area contributed by atoms with Gasteiger partial charge in [-0.1, -0.05) is 11.3 Å². The van der Waals surface area contributed by atoms with Crippen molar-refractivity contribution < 1.29 is 22.7 Å². The van der Waals surface area contributed by atoms with Gasteiger partial charge in [-0.15, -0.1) is 12.4 Å². The monoisotopic (exact) mass is 647 g/mol. The second-order valence-corrected chi connectivity index (χ2v) is 12.4. The van der Waals surface area contributed by atoms with Gasteiger partial charge < -0.3 is 19.7 Å². The van der Waals surface area contributed by atoms with Crippen molar-refractivity contribution >= 4 is 55.0 Å². The van der Waals surface area contributed by atoms with Crippen LogP contribution in [-0.4, -0.2) is 95.1 Å². The molecule has 0 aliphatic carbocycles. The van der Waals surface area contributed by atoms with Gasteiger partial charge in [-0.05, 0) is 36.4 Å². The van der Waals surface area contributed by atoms with Gasteiger partial charge in [0, 0.05) is 70.8 Å². The molecule has 1 saturated heterocycles. The van der Waals surface area contributed by atoms with Crippen molar-refractivity contribution in [1.82, 2.24) is 19.5 Å². The van der Waals surface area contributed by atoms with Crippen molar-refractivity contribution in [1.29, 1.82) is 10.5 Å². The van der Waals surface area contributed by atoms with Gasteiger partial charge in [0.2, 0.25) is 10.0 Å². The van der Waals surface area contributed by atoms with E-state index in [0.29, 0.717) is 24.4 Å². The maximum atomic E-state index is 13.0. The van der Waals surface area contributed by atoms with Gasteiger partial charge in [-0.25, -0.2) is 13.4 Å². The van der Waals surface area contributed by atoms with Crippen molar-refractivity contribution in [2.45, 2.75) is 17.7 Å². The van der Waals surface area contributed by atoms with Crippen LogP contribution in [0.15, 0.2) is 41.3 Å². The van der Waals surface area contributed by atoms with Crippen LogP contribution in [0, 0.1) is 22.7 Å².